The van der Waals surface area contributed by atoms with Crippen LogP contribution in [0.4, 0.5) is 0 Å². The number of nitrogens with zero attached hydrogens (tertiary/aromatic N) is 1. The molecule has 5 N–H and O–H groups in total. The summed E-state index contributed by atoms with van der Waals surface area (Å²) in [6.07, 6.45) is 8.58. The van der Waals surface area contributed by atoms with Crippen LogP contribution in [0.3, 0.4) is 0 Å². The molecule has 8 atom stereocenters. The standard InChI is InChI=1S/C40H58N4O9/c1-26(2)36(41-25-46)38(50)42-33(24-31-14-9-7-10-15-31)39(51)44-22-13-16-32(43-44)40(52)53-35(27(3)21-23-45)18-12-8-11-17-34(48)30(6)37(49)28(4)19-20-29(5)47/h7-12,14-15,17,21,23,25-26,28,30,32-37,43,48-49H,13,16,18-20,22,24H2,1-6H3,(H,41,46)(H,42,50)/b12-8+,17-11+,27-21+/t28?,30?,32?,33?,34-,35-,36?,37?/m0/s1. The van der Waals surface area contributed by atoms with E-state index in [2.05, 4.69) is 16.1 Å². The fraction of sp³-hybridized carbons (Fsp3) is 0.550. The highest BCUT2D eigenvalue weighted by Crippen LogP contribution is 2.22. The van der Waals surface area contributed by atoms with E-state index in [0.717, 1.165) is 5.56 Å². The molecule has 0 saturated carbocycles. The molecule has 13 nitrogen and oxygen atoms in total. The highest BCUT2D eigenvalue weighted by atomic mass is 16.5. The number of benzene rings is 1. The Morgan fingerprint density at radius 1 is 1.04 bits per heavy atom. The summed E-state index contributed by atoms with van der Waals surface area (Å²) in [7, 11) is 0. The van der Waals surface area contributed by atoms with Crippen molar-refractivity contribution in [3.8, 4) is 0 Å². The number of allylic oxidation sites excluding steroid dienone is 3. The van der Waals surface area contributed by atoms with Gasteiger partial charge in [-0.15, -0.1) is 0 Å². The molecule has 1 fully saturated rings. The van der Waals surface area contributed by atoms with Crippen LogP contribution in [0, 0.1) is 17.8 Å². The summed E-state index contributed by atoms with van der Waals surface area (Å²) in [6, 6.07) is 6.46. The molecule has 1 aliphatic rings. The van der Waals surface area contributed by atoms with Gasteiger partial charge >= 0.3 is 5.97 Å². The van der Waals surface area contributed by atoms with E-state index in [0.29, 0.717) is 44.0 Å². The monoisotopic (exact) mass is 738 g/mol. The van der Waals surface area contributed by atoms with Crippen LogP contribution in [0.1, 0.15) is 79.2 Å². The van der Waals surface area contributed by atoms with Gasteiger partial charge in [0.2, 0.25) is 12.3 Å². The van der Waals surface area contributed by atoms with Crippen LogP contribution in [0.2, 0.25) is 0 Å². The number of aliphatic hydroxyl groups excluding tert-OH is 2. The van der Waals surface area contributed by atoms with Gasteiger partial charge in [-0.2, -0.15) is 0 Å². The first kappa shape index (κ1) is 44.7. The maximum absolute atomic E-state index is 13.9. The number of aliphatic hydroxyl groups is 2. The Kier molecular flexibility index (Phi) is 19.6. The highest BCUT2D eigenvalue weighted by Gasteiger charge is 2.35. The lowest BCUT2D eigenvalue weighted by Gasteiger charge is -2.36. The molecule has 0 radical (unpaired) electrons. The van der Waals surface area contributed by atoms with Crippen LogP contribution < -0.4 is 16.1 Å². The number of ketones is 1. The van der Waals surface area contributed by atoms with E-state index in [4.69, 9.17) is 4.74 Å². The number of esters is 1. The Bertz CT molecular complexity index is 1440. The number of carbonyl (C=O) groups excluding carboxylic acids is 6. The number of hydrogen-bond donors (Lipinski definition) is 5. The van der Waals surface area contributed by atoms with Gasteiger partial charge in [-0.3, -0.25) is 29.0 Å². The van der Waals surface area contributed by atoms with Crippen molar-refractivity contribution in [1.82, 2.24) is 21.1 Å². The van der Waals surface area contributed by atoms with Crippen molar-refractivity contribution in [2.75, 3.05) is 6.54 Å². The minimum Gasteiger partial charge on any atom is -0.456 e. The van der Waals surface area contributed by atoms with Crippen LogP contribution in [-0.4, -0.2) is 94.5 Å². The SMILES string of the molecule is CC(=O)CCC(C)C(O)C(C)[C@@H](O)/C=C/C=C/C[C@H](OC(=O)C1CCCN(C(=O)C(Cc2ccccc2)NC(=O)C(NC=O)C(C)C)N1)/C(C)=C/C=O. The van der Waals surface area contributed by atoms with Crippen LogP contribution in [-0.2, 0) is 39.9 Å². The molecular weight excluding hydrogens is 680 g/mol. The van der Waals surface area contributed by atoms with Gasteiger partial charge in [0.05, 0.1) is 12.2 Å². The van der Waals surface area contributed by atoms with Crippen molar-refractivity contribution in [1.29, 1.82) is 0 Å². The summed E-state index contributed by atoms with van der Waals surface area (Å²) < 4.78 is 5.84. The second-order valence-corrected chi connectivity index (χ2v) is 14.2. The third-order valence-electron chi connectivity index (χ3n) is 9.45. The quantitative estimate of drug-likeness (QED) is 0.0512. The maximum Gasteiger partial charge on any atom is 0.325 e. The van der Waals surface area contributed by atoms with Crippen molar-refractivity contribution < 1.29 is 43.7 Å². The third kappa shape index (κ3) is 15.2. The van der Waals surface area contributed by atoms with Crippen molar-refractivity contribution in [2.45, 2.75) is 117 Å². The second-order valence-electron chi connectivity index (χ2n) is 14.2. The largest absolute Gasteiger partial charge is 0.456 e. The molecule has 6 unspecified atom stereocenters. The molecule has 1 aromatic carbocycles. The number of hydrazine groups is 1. The zero-order chi connectivity index (χ0) is 39.5. The number of aldehydes is 1. The predicted molar refractivity (Wildman–Crippen MR) is 201 cm³/mol. The van der Waals surface area contributed by atoms with Gasteiger partial charge in [0.15, 0.2) is 0 Å². The lowest BCUT2D eigenvalue weighted by Crippen LogP contribution is -2.62. The molecule has 0 aliphatic carbocycles. The van der Waals surface area contributed by atoms with E-state index in [-0.39, 0.29) is 37.0 Å². The summed E-state index contributed by atoms with van der Waals surface area (Å²) in [4.78, 5) is 74.3. The number of hydrogen-bond acceptors (Lipinski definition) is 10. The predicted octanol–water partition coefficient (Wildman–Crippen LogP) is 2.90. The molecule has 53 heavy (non-hydrogen) atoms. The number of carbonyl (C=O) groups is 6. The molecule has 0 aromatic heterocycles. The molecule has 1 aromatic rings. The maximum atomic E-state index is 13.9. The molecule has 2 rings (SSSR count). The Hall–Kier alpha value is -4.46. The van der Waals surface area contributed by atoms with E-state index >= 15 is 0 Å². The van der Waals surface area contributed by atoms with Gasteiger partial charge in [0.25, 0.3) is 5.91 Å². The Morgan fingerprint density at radius 2 is 1.74 bits per heavy atom. The molecule has 1 aliphatic heterocycles. The van der Waals surface area contributed by atoms with Crippen molar-refractivity contribution in [3.63, 3.8) is 0 Å². The van der Waals surface area contributed by atoms with Crippen LogP contribution >= 0.6 is 0 Å². The second kappa shape index (κ2) is 23.3. The molecule has 13 heteroatoms. The molecule has 1 saturated heterocycles. The third-order valence-corrected chi connectivity index (χ3v) is 9.45. The molecule has 292 valence electrons. The molecule has 0 bridgehead atoms. The number of nitrogens with one attached hydrogen (secondary N) is 3. The fourth-order valence-corrected chi connectivity index (χ4v) is 5.98. The summed E-state index contributed by atoms with van der Waals surface area (Å²) >= 11 is 0. The highest BCUT2D eigenvalue weighted by molar-refractivity contribution is 5.91. The first-order valence-corrected chi connectivity index (χ1v) is 18.3. The van der Waals surface area contributed by atoms with Gasteiger partial charge < -0.3 is 30.4 Å². The average molecular weight is 739 g/mol. The summed E-state index contributed by atoms with van der Waals surface area (Å²) in [6.45, 7) is 10.6. The topological polar surface area (TPSA) is 191 Å². The Labute approximate surface area is 313 Å². The van der Waals surface area contributed by atoms with E-state index < -0.39 is 60.1 Å². The first-order chi connectivity index (χ1) is 25.2. The summed E-state index contributed by atoms with van der Waals surface area (Å²) in [5.74, 6) is -2.39. The normalized spacial score (nSPS) is 19.2. The number of amides is 3. The first-order valence-electron chi connectivity index (χ1n) is 18.3. The van der Waals surface area contributed by atoms with Gasteiger partial charge in [-0.25, -0.2) is 5.43 Å². The minimum atomic E-state index is -0.995. The smallest absolute Gasteiger partial charge is 0.325 e. The van der Waals surface area contributed by atoms with Crippen LogP contribution in [0.15, 0.2) is 66.3 Å². The van der Waals surface area contributed by atoms with Crippen molar-refractivity contribution >= 4 is 36.3 Å². The molecule has 0 spiro atoms. The molecule has 1 heterocycles. The number of ether oxygens (including phenoxy) is 1. The number of rotatable bonds is 22. The van der Waals surface area contributed by atoms with E-state index in [1.165, 1.54) is 18.0 Å². The lowest BCUT2D eigenvalue weighted by molar-refractivity contribution is -0.156. The Balaban J connectivity index is 2.11. The van der Waals surface area contributed by atoms with Crippen LogP contribution in [0.25, 0.3) is 0 Å². The zero-order valence-electron chi connectivity index (χ0n) is 31.8. The van der Waals surface area contributed by atoms with E-state index in [1.54, 1.807) is 52.0 Å². The van der Waals surface area contributed by atoms with E-state index in [1.807, 2.05) is 37.3 Å². The lowest BCUT2D eigenvalue weighted by atomic mass is 9.86. The summed E-state index contributed by atoms with van der Waals surface area (Å²) in [5.41, 5.74) is 4.30. The number of Topliss-reactive ketones (excluding diaryl/α,β-unsaturated/α-hetero) is 1. The summed E-state index contributed by atoms with van der Waals surface area (Å²) in [5, 5.41) is 27.8. The van der Waals surface area contributed by atoms with Gasteiger partial charge in [0, 0.05) is 31.7 Å². The van der Waals surface area contributed by atoms with Crippen LogP contribution in [0.5, 0.6) is 0 Å². The zero-order valence-corrected chi connectivity index (χ0v) is 31.8. The van der Waals surface area contributed by atoms with Crippen molar-refractivity contribution in [2.24, 2.45) is 17.8 Å². The van der Waals surface area contributed by atoms with Gasteiger partial charge in [-0.1, -0.05) is 82.3 Å². The fourth-order valence-electron chi connectivity index (χ4n) is 5.98. The van der Waals surface area contributed by atoms with Gasteiger partial charge in [0.1, 0.15) is 36.3 Å². The average Bonchev–Trinajstić information content (AvgIpc) is 3.14. The van der Waals surface area contributed by atoms with Crippen molar-refractivity contribution in [3.05, 3.63) is 71.8 Å². The molecular formula is C40H58N4O9. The minimum absolute atomic E-state index is 0.0492. The van der Waals surface area contributed by atoms with Gasteiger partial charge in [-0.05, 0) is 62.2 Å². The molecule has 3 amide bonds. The van der Waals surface area contributed by atoms with E-state index in [9.17, 15) is 39.0 Å². The Morgan fingerprint density at radius 3 is 2.36 bits per heavy atom.